The fraction of sp³-hybridized carbons (Fsp3) is 0.348. The molecule has 2 aliphatic rings. The summed E-state index contributed by atoms with van der Waals surface area (Å²) in [5.41, 5.74) is 0.874. The normalized spacial score (nSPS) is 19.2. The predicted molar refractivity (Wildman–Crippen MR) is 115 cm³/mol. The van der Waals surface area contributed by atoms with Gasteiger partial charge in [-0.3, -0.25) is 9.78 Å². The monoisotopic (exact) mass is 429 g/mol. The summed E-state index contributed by atoms with van der Waals surface area (Å²) in [6.45, 7) is 2.29. The van der Waals surface area contributed by atoms with Gasteiger partial charge in [-0.25, -0.2) is 9.97 Å². The third-order valence-corrected chi connectivity index (χ3v) is 6.11. The van der Waals surface area contributed by atoms with Gasteiger partial charge in [0.2, 0.25) is 0 Å². The lowest BCUT2D eigenvalue weighted by Crippen LogP contribution is -2.54. The van der Waals surface area contributed by atoms with Gasteiger partial charge < -0.3 is 19.5 Å². The van der Waals surface area contributed by atoms with E-state index in [0.29, 0.717) is 31.5 Å². The number of anilines is 1. The molecule has 0 aromatic carbocycles. The minimum Gasteiger partial charge on any atom is -0.356 e. The van der Waals surface area contributed by atoms with Gasteiger partial charge in [0, 0.05) is 63.5 Å². The van der Waals surface area contributed by atoms with Crippen LogP contribution in [0.25, 0.3) is 0 Å². The van der Waals surface area contributed by atoms with Gasteiger partial charge in [-0.15, -0.1) is 0 Å². The average molecular weight is 429 g/mol. The molecule has 0 radical (unpaired) electrons. The van der Waals surface area contributed by atoms with Gasteiger partial charge >= 0.3 is 0 Å². The minimum atomic E-state index is -0.610. The Kier molecular flexibility index (Phi) is 5.29. The number of ether oxygens (including phenoxy) is 1. The topological polar surface area (TPSA) is 109 Å². The second-order valence-corrected chi connectivity index (χ2v) is 8.09. The van der Waals surface area contributed by atoms with E-state index in [1.165, 1.54) is 0 Å². The number of aromatic nitrogens is 4. The van der Waals surface area contributed by atoms with Crippen molar-refractivity contribution in [3.63, 3.8) is 0 Å². The molecule has 1 amide bonds. The zero-order valence-electron chi connectivity index (χ0n) is 17.5. The first kappa shape index (κ1) is 20.2. The quantitative estimate of drug-likeness (QED) is 0.673. The number of carbonyl (C=O) groups is 1. The van der Waals surface area contributed by atoms with Crippen LogP contribution in [0.4, 0.5) is 5.82 Å². The summed E-state index contributed by atoms with van der Waals surface area (Å²) in [5, 5.41) is 12.0. The maximum atomic E-state index is 12.9. The van der Waals surface area contributed by atoms with E-state index in [1.54, 1.807) is 30.9 Å². The van der Waals surface area contributed by atoms with E-state index in [1.807, 2.05) is 29.0 Å². The number of nitriles is 1. The van der Waals surface area contributed by atoms with Crippen molar-refractivity contribution >= 4 is 11.7 Å². The number of hydrogen-bond acceptors (Lipinski definition) is 7. The van der Waals surface area contributed by atoms with Crippen LogP contribution in [0.5, 0.6) is 0 Å². The van der Waals surface area contributed by atoms with Crippen molar-refractivity contribution in [2.75, 3.05) is 18.0 Å². The summed E-state index contributed by atoms with van der Waals surface area (Å²) in [6.07, 6.45) is 9.51. The predicted octanol–water partition coefficient (Wildman–Crippen LogP) is 1.76. The molecule has 3 aromatic rings. The van der Waals surface area contributed by atoms with E-state index < -0.39 is 11.7 Å². The molecule has 9 nitrogen and oxygen atoms in total. The highest BCUT2D eigenvalue weighted by molar-refractivity contribution is 5.81. The number of imidazole rings is 1. The van der Waals surface area contributed by atoms with Crippen LogP contribution in [-0.2, 0) is 28.2 Å². The van der Waals surface area contributed by atoms with Crippen molar-refractivity contribution < 1.29 is 9.53 Å². The molecule has 1 atom stereocenters. The standard InChI is InChI=1S/C23H23N7O2/c24-12-17-3-4-20(27-14-17)29-9-5-23(6-10-29)22-26-8-11-30(22)16-19(32-23)21(31)28-15-18-2-1-7-25-13-18/h1-4,7-8,11,13-14,19H,5-6,9-10,15-16H2,(H,28,31)/t19-/m1/s1. The third kappa shape index (κ3) is 3.81. The molecule has 2 aliphatic heterocycles. The summed E-state index contributed by atoms with van der Waals surface area (Å²) >= 11 is 0. The molecular formula is C23H23N7O2. The van der Waals surface area contributed by atoms with E-state index in [-0.39, 0.29) is 5.91 Å². The van der Waals surface area contributed by atoms with Crippen molar-refractivity contribution in [2.45, 2.75) is 37.6 Å². The van der Waals surface area contributed by atoms with Crippen LogP contribution < -0.4 is 10.2 Å². The van der Waals surface area contributed by atoms with Crippen LogP contribution in [0.2, 0.25) is 0 Å². The summed E-state index contributed by atoms with van der Waals surface area (Å²) < 4.78 is 8.50. The first-order chi connectivity index (χ1) is 15.7. The van der Waals surface area contributed by atoms with E-state index in [0.717, 1.165) is 30.3 Å². The molecule has 3 aromatic heterocycles. The van der Waals surface area contributed by atoms with Gasteiger partial charge in [0.15, 0.2) is 6.10 Å². The highest BCUT2D eigenvalue weighted by atomic mass is 16.5. The van der Waals surface area contributed by atoms with Crippen LogP contribution in [-0.4, -0.2) is 44.6 Å². The zero-order chi connectivity index (χ0) is 22.0. The number of nitrogens with zero attached hydrogens (tertiary/aromatic N) is 6. The Balaban J connectivity index is 1.29. The van der Waals surface area contributed by atoms with Crippen LogP contribution >= 0.6 is 0 Å². The Morgan fingerprint density at radius 1 is 1.22 bits per heavy atom. The van der Waals surface area contributed by atoms with Crippen LogP contribution in [0.3, 0.4) is 0 Å². The number of carbonyl (C=O) groups excluding carboxylic acids is 1. The van der Waals surface area contributed by atoms with Crippen LogP contribution in [0, 0.1) is 11.3 Å². The molecule has 32 heavy (non-hydrogen) atoms. The lowest BCUT2D eigenvalue weighted by molar-refractivity contribution is -0.167. The number of rotatable bonds is 4. The molecule has 1 fully saturated rings. The molecule has 1 spiro atoms. The fourth-order valence-corrected chi connectivity index (χ4v) is 4.42. The smallest absolute Gasteiger partial charge is 0.251 e. The SMILES string of the molecule is N#Cc1ccc(N2CCC3(CC2)O[C@@H](C(=O)NCc2cccnc2)Cn2ccnc23)nc1. The zero-order valence-corrected chi connectivity index (χ0v) is 17.5. The van der Waals surface area contributed by atoms with Crippen molar-refractivity contribution in [1.29, 1.82) is 5.26 Å². The summed E-state index contributed by atoms with van der Waals surface area (Å²) in [4.78, 5) is 28.2. The summed E-state index contributed by atoms with van der Waals surface area (Å²) in [6, 6.07) is 9.52. The van der Waals surface area contributed by atoms with Crippen molar-refractivity contribution in [2.24, 2.45) is 0 Å². The number of amides is 1. The van der Waals surface area contributed by atoms with Gasteiger partial charge in [0.1, 0.15) is 23.3 Å². The largest absolute Gasteiger partial charge is 0.356 e. The fourth-order valence-electron chi connectivity index (χ4n) is 4.42. The second kappa shape index (κ2) is 8.40. The first-order valence-corrected chi connectivity index (χ1v) is 10.6. The van der Waals surface area contributed by atoms with Gasteiger partial charge in [-0.2, -0.15) is 5.26 Å². The highest BCUT2D eigenvalue weighted by Gasteiger charge is 2.47. The molecule has 5 rings (SSSR count). The molecule has 162 valence electrons. The van der Waals surface area contributed by atoms with Gasteiger partial charge in [0.05, 0.1) is 12.1 Å². The molecule has 5 heterocycles. The highest BCUT2D eigenvalue weighted by Crippen LogP contribution is 2.40. The number of piperidine rings is 1. The Morgan fingerprint density at radius 3 is 2.81 bits per heavy atom. The van der Waals surface area contributed by atoms with Gasteiger partial charge in [-0.05, 0) is 23.8 Å². The van der Waals surface area contributed by atoms with Gasteiger partial charge in [0.25, 0.3) is 5.91 Å². The summed E-state index contributed by atoms with van der Waals surface area (Å²) in [5.74, 6) is 1.58. The van der Waals surface area contributed by atoms with E-state index in [4.69, 9.17) is 10.00 Å². The molecule has 1 N–H and O–H groups in total. The lowest BCUT2D eigenvalue weighted by atomic mass is 9.88. The Hall–Kier alpha value is -3.77. The van der Waals surface area contributed by atoms with Crippen LogP contribution in [0.1, 0.15) is 29.8 Å². The van der Waals surface area contributed by atoms with E-state index in [9.17, 15) is 4.79 Å². The Morgan fingerprint density at radius 2 is 2.09 bits per heavy atom. The van der Waals surface area contributed by atoms with E-state index in [2.05, 4.69) is 31.2 Å². The molecule has 9 heteroatoms. The van der Waals surface area contributed by atoms with E-state index >= 15 is 0 Å². The Bertz CT molecular complexity index is 1130. The molecule has 1 saturated heterocycles. The lowest BCUT2D eigenvalue weighted by Gasteiger charge is -2.45. The molecule has 0 aliphatic carbocycles. The molecule has 0 bridgehead atoms. The number of nitrogens with one attached hydrogen (secondary N) is 1. The average Bonchev–Trinajstić information content (AvgIpc) is 3.34. The van der Waals surface area contributed by atoms with Crippen LogP contribution in [0.15, 0.2) is 55.2 Å². The second-order valence-electron chi connectivity index (χ2n) is 8.09. The minimum absolute atomic E-state index is 0.135. The number of hydrogen-bond donors (Lipinski definition) is 1. The van der Waals surface area contributed by atoms with Crippen molar-refractivity contribution in [3.8, 4) is 6.07 Å². The molecular weight excluding hydrogens is 406 g/mol. The van der Waals surface area contributed by atoms with Crippen molar-refractivity contribution in [3.05, 3.63) is 72.2 Å². The maximum absolute atomic E-state index is 12.9. The Labute approximate surface area is 185 Å². The summed E-state index contributed by atoms with van der Waals surface area (Å²) in [7, 11) is 0. The number of pyridine rings is 2. The molecule has 0 unspecified atom stereocenters. The third-order valence-electron chi connectivity index (χ3n) is 6.11. The van der Waals surface area contributed by atoms with Crippen molar-refractivity contribution in [1.82, 2.24) is 24.8 Å². The number of fused-ring (bicyclic) bond motifs is 2. The molecule has 0 saturated carbocycles. The maximum Gasteiger partial charge on any atom is 0.251 e. The first-order valence-electron chi connectivity index (χ1n) is 10.6. The van der Waals surface area contributed by atoms with Gasteiger partial charge in [-0.1, -0.05) is 6.07 Å².